The summed E-state index contributed by atoms with van der Waals surface area (Å²) in [7, 11) is 0. The Morgan fingerprint density at radius 3 is 2.53 bits per heavy atom. The molecule has 1 aromatic heterocycles. The summed E-state index contributed by atoms with van der Waals surface area (Å²) in [6.45, 7) is 1.21. The number of carbonyl (C=O) groups is 3. The number of anilines is 2. The summed E-state index contributed by atoms with van der Waals surface area (Å²) < 4.78 is 41.8. The van der Waals surface area contributed by atoms with Crippen LogP contribution in [0.5, 0.6) is 0 Å². The quantitative estimate of drug-likeness (QED) is 0.410. The van der Waals surface area contributed by atoms with Gasteiger partial charge in [0.1, 0.15) is 29.3 Å². The number of aliphatic hydroxyl groups is 1. The van der Waals surface area contributed by atoms with Gasteiger partial charge in [-0.25, -0.2) is 18.2 Å². The van der Waals surface area contributed by atoms with Crippen molar-refractivity contribution in [2.24, 2.45) is 0 Å². The second kappa shape index (κ2) is 11.3. The van der Waals surface area contributed by atoms with Gasteiger partial charge in [-0.3, -0.25) is 24.2 Å². The van der Waals surface area contributed by atoms with Crippen molar-refractivity contribution in [2.45, 2.75) is 55.8 Å². The van der Waals surface area contributed by atoms with Crippen LogP contribution >= 0.6 is 11.6 Å². The Morgan fingerprint density at radius 2 is 1.88 bits per heavy atom. The number of alkyl halides is 2. The van der Waals surface area contributed by atoms with Gasteiger partial charge in [-0.05, 0) is 43.3 Å². The van der Waals surface area contributed by atoms with E-state index in [4.69, 9.17) is 11.6 Å². The minimum atomic E-state index is -2.95. The fraction of sp³-hybridized carbons (Fsp3) is 0.300. The molecule has 5 rings (SSSR count). The summed E-state index contributed by atoms with van der Waals surface area (Å²) in [6, 6.07) is 11.5. The number of nitriles is 1. The summed E-state index contributed by atoms with van der Waals surface area (Å²) >= 11 is 6.49. The lowest BCUT2D eigenvalue weighted by Gasteiger charge is -2.39. The summed E-state index contributed by atoms with van der Waals surface area (Å²) in [4.78, 5) is 47.9. The van der Waals surface area contributed by atoms with Crippen molar-refractivity contribution in [2.75, 3.05) is 9.80 Å². The van der Waals surface area contributed by atoms with Gasteiger partial charge in [-0.1, -0.05) is 35.9 Å². The average molecular weight is 612 g/mol. The first-order valence-electron chi connectivity index (χ1n) is 13.2. The molecule has 2 aliphatic rings. The standard InChI is InChI=1S/C30H25ClF3N5O4/c1-29(43)15-23(39(28(29)42)24-11-17(16-35)9-10-36-24)27(41)38(20-6-4-5-18(32)12-20)25(21-7-2-3-8-22(21)31)26(40)37-19-13-30(33,34)14-19/h2-12,19,23,25,43H,13-15H2,1H3,(H,37,40)/t23-,25?,29?/m0/s1. The predicted molar refractivity (Wildman–Crippen MR) is 150 cm³/mol. The predicted octanol–water partition coefficient (Wildman–Crippen LogP) is 4.29. The zero-order chi connectivity index (χ0) is 31.1. The maximum atomic E-state index is 14.6. The second-order valence-electron chi connectivity index (χ2n) is 10.8. The molecule has 43 heavy (non-hydrogen) atoms. The summed E-state index contributed by atoms with van der Waals surface area (Å²) in [5.41, 5.74) is -1.90. The molecule has 2 N–H and O–H groups in total. The highest BCUT2D eigenvalue weighted by Crippen LogP contribution is 2.40. The van der Waals surface area contributed by atoms with E-state index < -0.39 is 72.5 Å². The number of rotatable bonds is 7. The van der Waals surface area contributed by atoms with Gasteiger partial charge in [-0.15, -0.1) is 0 Å². The molecule has 0 bridgehead atoms. The molecule has 3 atom stereocenters. The molecule has 13 heteroatoms. The molecule has 2 unspecified atom stereocenters. The molecule has 222 valence electrons. The highest BCUT2D eigenvalue weighted by molar-refractivity contribution is 6.31. The smallest absolute Gasteiger partial charge is 0.260 e. The van der Waals surface area contributed by atoms with Crippen molar-refractivity contribution in [3.05, 3.63) is 88.8 Å². The van der Waals surface area contributed by atoms with E-state index in [2.05, 4.69) is 10.3 Å². The molecule has 9 nitrogen and oxygen atoms in total. The highest BCUT2D eigenvalue weighted by atomic mass is 35.5. The number of hydrogen-bond acceptors (Lipinski definition) is 6. The van der Waals surface area contributed by atoms with Crippen molar-refractivity contribution in [3.63, 3.8) is 0 Å². The number of halogens is 4. The summed E-state index contributed by atoms with van der Waals surface area (Å²) in [5.74, 6) is -6.46. The van der Waals surface area contributed by atoms with Crippen molar-refractivity contribution in [1.29, 1.82) is 5.26 Å². The number of pyridine rings is 1. The van der Waals surface area contributed by atoms with Crippen molar-refractivity contribution >= 4 is 40.8 Å². The lowest BCUT2D eigenvalue weighted by atomic mass is 9.87. The van der Waals surface area contributed by atoms with Gasteiger partial charge in [0, 0.05) is 47.8 Å². The van der Waals surface area contributed by atoms with Crippen LogP contribution in [0.1, 0.15) is 43.4 Å². The van der Waals surface area contributed by atoms with Crippen LogP contribution in [0.25, 0.3) is 0 Å². The van der Waals surface area contributed by atoms with Gasteiger partial charge >= 0.3 is 0 Å². The Balaban J connectivity index is 1.65. The van der Waals surface area contributed by atoms with Gasteiger partial charge in [0.15, 0.2) is 0 Å². The first-order chi connectivity index (χ1) is 20.3. The topological polar surface area (TPSA) is 127 Å². The summed E-state index contributed by atoms with van der Waals surface area (Å²) in [6.07, 6.45) is -0.387. The van der Waals surface area contributed by atoms with E-state index in [1.807, 2.05) is 6.07 Å². The van der Waals surface area contributed by atoms with Gasteiger partial charge in [-0.2, -0.15) is 5.26 Å². The first kappa shape index (κ1) is 30.0. The Morgan fingerprint density at radius 1 is 1.16 bits per heavy atom. The molecule has 1 aliphatic heterocycles. The molecular formula is C30H25ClF3N5O4. The van der Waals surface area contributed by atoms with Crippen LogP contribution < -0.4 is 15.1 Å². The SMILES string of the molecule is CC1(O)C[C@@H](C(=O)N(c2cccc(F)c2)C(C(=O)NC2CC(F)(F)C2)c2ccccc2Cl)N(c2cc(C#N)ccn2)C1=O. The van der Waals surface area contributed by atoms with Crippen LogP contribution in [0.3, 0.4) is 0 Å². The molecule has 2 fully saturated rings. The molecule has 3 aromatic rings. The monoisotopic (exact) mass is 611 g/mol. The molecule has 1 saturated heterocycles. The van der Waals surface area contributed by atoms with Crippen molar-refractivity contribution in [3.8, 4) is 6.07 Å². The van der Waals surface area contributed by atoms with E-state index in [1.54, 1.807) is 12.1 Å². The maximum absolute atomic E-state index is 14.6. The van der Waals surface area contributed by atoms with E-state index in [1.165, 1.54) is 49.5 Å². The zero-order valence-electron chi connectivity index (χ0n) is 22.7. The van der Waals surface area contributed by atoms with Gasteiger partial charge in [0.2, 0.25) is 5.91 Å². The Hall–Kier alpha value is -4.47. The fourth-order valence-electron chi connectivity index (χ4n) is 5.37. The van der Waals surface area contributed by atoms with E-state index in [9.17, 15) is 37.9 Å². The number of aromatic nitrogens is 1. The fourth-order valence-corrected chi connectivity index (χ4v) is 5.60. The second-order valence-corrected chi connectivity index (χ2v) is 11.2. The first-order valence-corrected chi connectivity index (χ1v) is 13.6. The third kappa shape index (κ3) is 5.91. The van der Waals surface area contributed by atoms with Crippen LogP contribution in [0.15, 0.2) is 66.9 Å². The molecule has 0 radical (unpaired) electrons. The van der Waals surface area contributed by atoms with Gasteiger partial charge < -0.3 is 10.4 Å². The number of nitrogens with zero attached hydrogens (tertiary/aromatic N) is 4. The minimum Gasteiger partial charge on any atom is -0.380 e. The third-order valence-electron chi connectivity index (χ3n) is 7.46. The third-order valence-corrected chi connectivity index (χ3v) is 7.80. The Labute approximate surface area is 249 Å². The van der Waals surface area contributed by atoms with E-state index in [0.29, 0.717) is 0 Å². The molecule has 2 aromatic carbocycles. The lowest BCUT2D eigenvalue weighted by Crippen LogP contribution is -2.56. The van der Waals surface area contributed by atoms with Crippen LogP contribution in [0.2, 0.25) is 5.02 Å². The number of amides is 3. The van der Waals surface area contributed by atoms with E-state index in [0.717, 1.165) is 21.9 Å². The maximum Gasteiger partial charge on any atom is 0.260 e. The van der Waals surface area contributed by atoms with Crippen LogP contribution in [-0.2, 0) is 14.4 Å². The van der Waals surface area contributed by atoms with Gasteiger partial charge in [0.05, 0.1) is 11.6 Å². The number of carbonyl (C=O) groups excluding carboxylic acids is 3. The van der Waals surface area contributed by atoms with Crippen LogP contribution in [0.4, 0.5) is 24.7 Å². The number of nitrogens with one attached hydrogen (secondary N) is 1. The van der Waals surface area contributed by atoms with E-state index in [-0.39, 0.29) is 27.7 Å². The Kier molecular flexibility index (Phi) is 7.89. The highest BCUT2D eigenvalue weighted by Gasteiger charge is 2.54. The number of benzene rings is 2. The van der Waals surface area contributed by atoms with Crippen molar-refractivity contribution in [1.82, 2.24) is 10.3 Å². The zero-order valence-corrected chi connectivity index (χ0v) is 23.4. The van der Waals surface area contributed by atoms with Gasteiger partial charge in [0.25, 0.3) is 17.7 Å². The van der Waals surface area contributed by atoms with E-state index >= 15 is 0 Å². The normalized spacial score (nSPS) is 21.9. The van der Waals surface area contributed by atoms with Crippen LogP contribution in [-0.4, -0.2) is 51.4 Å². The summed E-state index contributed by atoms with van der Waals surface area (Å²) in [5, 5.41) is 23.0. The molecule has 3 amide bonds. The largest absolute Gasteiger partial charge is 0.380 e. The lowest BCUT2D eigenvalue weighted by molar-refractivity contribution is -0.133. The van der Waals surface area contributed by atoms with Crippen molar-refractivity contribution < 1.29 is 32.7 Å². The minimum absolute atomic E-state index is 0.0607. The average Bonchev–Trinajstić information content (AvgIpc) is 3.19. The molecule has 1 aliphatic carbocycles. The molecule has 0 spiro atoms. The molecular weight excluding hydrogens is 587 g/mol. The Bertz CT molecular complexity index is 1640. The number of hydrogen-bond donors (Lipinski definition) is 2. The molecule has 1 saturated carbocycles. The van der Waals surface area contributed by atoms with Crippen LogP contribution in [0, 0.1) is 17.1 Å². The molecule has 2 heterocycles.